The van der Waals surface area contributed by atoms with Gasteiger partial charge in [0.25, 0.3) is 0 Å². The molecule has 1 fully saturated rings. The number of cyclic esters (lactones) is 1. The Kier molecular flexibility index (Phi) is 3.24. The highest BCUT2D eigenvalue weighted by molar-refractivity contribution is 5.83. The standard InChI is InChI=1S/C17H18O2/c1-2-5-16-15(11-17(18)19-16)14-9-8-12-6-3-4-7-13(12)10-14/h3-4,6-10,15-16H,2,5,11H2,1H3/t15-,16-/m0/s1. The van der Waals surface area contributed by atoms with Crippen LogP contribution in [0.2, 0.25) is 0 Å². The molecule has 19 heavy (non-hydrogen) atoms. The fourth-order valence-corrected chi connectivity index (χ4v) is 2.93. The lowest BCUT2D eigenvalue weighted by atomic mass is 9.89. The Labute approximate surface area is 113 Å². The van der Waals surface area contributed by atoms with E-state index in [0.717, 1.165) is 12.8 Å². The van der Waals surface area contributed by atoms with E-state index in [4.69, 9.17) is 4.74 Å². The molecule has 1 aliphatic heterocycles. The highest BCUT2D eigenvalue weighted by Crippen LogP contribution is 2.35. The highest BCUT2D eigenvalue weighted by atomic mass is 16.5. The number of fused-ring (bicyclic) bond motifs is 1. The van der Waals surface area contributed by atoms with E-state index < -0.39 is 0 Å². The van der Waals surface area contributed by atoms with E-state index in [-0.39, 0.29) is 18.0 Å². The Bertz CT molecular complexity index is 603. The number of hydrogen-bond donors (Lipinski definition) is 0. The van der Waals surface area contributed by atoms with Crippen molar-refractivity contribution < 1.29 is 9.53 Å². The Morgan fingerprint density at radius 1 is 1.16 bits per heavy atom. The van der Waals surface area contributed by atoms with E-state index in [9.17, 15) is 4.79 Å². The molecule has 1 saturated heterocycles. The summed E-state index contributed by atoms with van der Waals surface area (Å²) in [4.78, 5) is 11.6. The Morgan fingerprint density at radius 3 is 2.74 bits per heavy atom. The first kappa shape index (κ1) is 12.2. The van der Waals surface area contributed by atoms with Crippen LogP contribution in [0.3, 0.4) is 0 Å². The molecule has 0 radical (unpaired) electrons. The van der Waals surface area contributed by atoms with E-state index in [1.165, 1.54) is 16.3 Å². The van der Waals surface area contributed by atoms with Gasteiger partial charge in [0.05, 0.1) is 6.42 Å². The lowest BCUT2D eigenvalue weighted by Crippen LogP contribution is -2.14. The van der Waals surface area contributed by atoms with Gasteiger partial charge in [-0.25, -0.2) is 0 Å². The maximum atomic E-state index is 11.6. The predicted molar refractivity (Wildman–Crippen MR) is 76.1 cm³/mol. The second-order valence-corrected chi connectivity index (χ2v) is 5.23. The zero-order valence-corrected chi connectivity index (χ0v) is 11.1. The molecule has 98 valence electrons. The van der Waals surface area contributed by atoms with Crippen molar-refractivity contribution >= 4 is 16.7 Å². The summed E-state index contributed by atoms with van der Waals surface area (Å²) in [5.74, 6) is 0.161. The van der Waals surface area contributed by atoms with Crippen LogP contribution in [0.4, 0.5) is 0 Å². The van der Waals surface area contributed by atoms with Crippen molar-refractivity contribution in [2.45, 2.75) is 38.2 Å². The van der Waals surface area contributed by atoms with Gasteiger partial charge in [0, 0.05) is 5.92 Å². The van der Waals surface area contributed by atoms with Crippen LogP contribution in [0.5, 0.6) is 0 Å². The van der Waals surface area contributed by atoms with Gasteiger partial charge in [0.2, 0.25) is 0 Å². The van der Waals surface area contributed by atoms with E-state index in [2.05, 4.69) is 37.3 Å². The van der Waals surface area contributed by atoms with Gasteiger partial charge in [-0.1, -0.05) is 55.8 Å². The van der Waals surface area contributed by atoms with Crippen LogP contribution in [-0.4, -0.2) is 12.1 Å². The van der Waals surface area contributed by atoms with Crippen molar-refractivity contribution in [3.05, 3.63) is 48.0 Å². The van der Waals surface area contributed by atoms with Gasteiger partial charge >= 0.3 is 5.97 Å². The lowest BCUT2D eigenvalue weighted by Gasteiger charge is -2.17. The quantitative estimate of drug-likeness (QED) is 0.773. The first-order valence-corrected chi connectivity index (χ1v) is 6.96. The second-order valence-electron chi connectivity index (χ2n) is 5.23. The fourth-order valence-electron chi connectivity index (χ4n) is 2.93. The van der Waals surface area contributed by atoms with Crippen LogP contribution in [-0.2, 0) is 9.53 Å². The molecule has 0 N–H and O–H groups in total. The van der Waals surface area contributed by atoms with Crippen LogP contribution in [0.25, 0.3) is 10.8 Å². The van der Waals surface area contributed by atoms with Gasteiger partial charge in [-0.15, -0.1) is 0 Å². The molecular weight excluding hydrogens is 236 g/mol. The molecule has 0 bridgehead atoms. The molecule has 2 nitrogen and oxygen atoms in total. The van der Waals surface area contributed by atoms with Crippen LogP contribution >= 0.6 is 0 Å². The normalized spacial score (nSPS) is 22.7. The summed E-state index contributed by atoms with van der Waals surface area (Å²) in [7, 11) is 0. The number of carbonyl (C=O) groups excluding carboxylic acids is 1. The largest absolute Gasteiger partial charge is 0.462 e. The predicted octanol–water partition coefficient (Wildman–Crippen LogP) is 4.04. The van der Waals surface area contributed by atoms with Gasteiger partial charge in [-0.05, 0) is 22.8 Å². The molecule has 2 heteroatoms. The smallest absolute Gasteiger partial charge is 0.306 e. The topological polar surface area (TPSA) is 26.3 Å². The molecule has 3 rings (SSSR count). The van der Waals surface area contributed by atoms with Gasteiger partial charge in [-0.2, -0.15) is 0 Å². The molecule has 1 heterocycles. The zero-order valence-electron chi connectivity index (χ0n) is 11.1. The summed E-state index contributed by atoms with van der Waals surface area (Å²) in [5, 5.41) is 2.47. The Hall–Kier alpha value is -1.83. The maximum absolute atomic E-state index is 11.6. The third-order valence-electron chi connectivity index (χ3n) is 3.89. The van der Waals surface area contributed by atoms with E-state index in [1.807, 2.05) is 12.1 Å². The number of rotatable bonds is 3. The first-order valence-electron chi connectivity index (χ1n) is 6.96. The number of hydrogen-bond acceptors (Lipinski definition) is 2. The third kappa shape index (κ3) is 2.35. The number of carbonyl (C=O) groups is 1. The molecule has 2 aromatic rings. The molecule has 0 spiro atoms. The van der Waals surface area contributed by atoms with E-state index >= 15 is 0 Å². The molecular formula is C17H18O2. The maximum Gasteiger partial charge on any atom is 0.306 e. The molecule has 0 unspecified atom stereocenters. The molecule has 0 aliphatic carbocycles. The van der Waals surface area contributed by atoms with Crippen LogP contribution in [0, 0.1) is 0 Å². The van der Waals surface area contributed by atoms with E-state index in [0.29, 0.717) is 6.42 Å². The second kappa shape index (κ2) is 5.04. The molecule has 0 aromatic heterocycles. The summed E-state index contributed by atoms with van der Waals surface area (Å²) in [6, 6.07) is 14.8. The monoisotopic (exact) mass is 254 g/mol. The fraction of sp³-hybridized carbons (Fsp3) is 0.353. The molecule has 2 atom stereocenters. The van der Waals surface area contributed by atoms with Gasteiger partial charge in [0.15, 0.2) is 0 Å². The molecule has 0 saturated carbocycles. The number of benzene rings is 2. The van der Waals surface area contributed by atoms with Crippen LogP contribution < -0.4 is 0 Å². The molecule has 1 aliphatic rings. The zero-order chi connectivity index (χ0) is 13.2. The summed E-state index contributed by atoms with van der Waals surface area (Å²) < 4.78 is 5.44. The average molecular weight is 254 g/mol. The minimum Gasteiger partial charge on any atom is -0.462 e. The minimum absolute atomic E-state index is 0.0543. The van der Waals surface area contributed by atoms with Gasteiger partial charge < -0.3 is 4.74 Å². The summed E-state index contributed by atoms with van der Waals surface area (Å²) in [6.07, 6.45) is 2.56. The first-order chi connectivity index (χ1) is 9.28. The summed E-state index contributed by atoms with van der Waals surface area (Å²) >= 11 is 0. The molecule has 0 amide bonds. The SMILES string of the molecule is CCC[C@@H]1OC(=O)C[C@H]1c1ccc2ccccc2c1. The van der Waals surface area contributed by atoms with Crippen LogP contribution in [0.15, 0.2) is 42.5 Å². The van der Waals surface area contributed by atoms with Crippen molar-refractivity contribution in [2.75, 3.05) is 0 Å². The van der Waals surface area contributed by atoms with Crippen molar-refractivity contribution in [1.82, 2.24) is 0 Å². The van der Waals surface area contributed by atoms with Gasteiger partial charge in [-0.3, -0.25) is 4.79 Å². The number of ether oxygens (including phenoxy) is 1. The lowest BCUT2D eigenvalue weighted by molar-refractivity contribution is -0.141. The van der Waals surface area contributed by atoms with Crippen molar-refractivity contribution in [3.63, 3.8) is 0 Å². The van der Waals surface area contributed by atoms with Crippen molar-refractivity contribution in [2.24, 2.45) is 0 Å². The van der Waals surface area contributed by atoms with Gasteiger partial charge in [0.1, 0.15) is 6.10 Å². The van der Waals surface area contributed by atoms with Crippen molar-refractivity contribution in [3.8, 4) is 0 Å². The average Bonchev–Trinajstić information content (AvgIpc) is 2.80. The summed E-state index contributed by atoms with van der Waals surface area (Å²) in [5.41, 5.74) is 1.23. The Morgan fingerprint density at radius 2 is 1.95 bits per heavy atom. The minimum atomic E-state index is -0.0587. The Balaban J connectivity index is 1.96. The third-order valence-corrected chi connectivity index (χ3v) is 3.89. The highest BCUT2D eigenvalue weighted by Gasteiger charge is 2.35. The summed E-state index contributed by atoms with van der Waals surface area (Å²) in [6.45, 7) is 2.13. The van der Waals surface area contributed by atoms with Crippen molar-refractivity contribution in [1.29, 1.82) is 0 Å². The number of esters is 1. The van der Waals surface area contributed by atoms with E-state index in [1.54, 1.807) is 0 Å². The van der Waals surface area contributed by atoms with Crippen LogP contribution in [0.1, 0.15) is 37.7 Å². The molecule has 2 aromatic carbocycles.